The van der Waals surface area contributed by atoms with Crippen molar-refractivity contribution in [2.75, 3.05) is 19.8 Å². The number of halogens is 1. The first kappa shape index (κ1) is 21.0. The molecule has 0 aromatic carbocycles. The molecule has 2 bridgehead atoms. The minimum atomic E-state index is -3.99. The summed E-state index contributed by atoms with van der Waals surface area (Å²) in [4.78, 5) is 42.0. The molecule has 1 fully saturated rings. The Morgan fingerprint density at radius 1 is 1.48 bits per heavy atom. The molecule has 4 N–H and O–H groups in total. The zero-order valence-electron chi connectivity index (χ0n) is 14.5. The van der Waals surface area contributed by atoms with E-state index in [-0.39, 0.29) is 13.2 Å². The molecule has 0 aromatic heterocycles. The van der Waals surface area contributed by atoms with Crippen LogP contribution in [0.25, 0.3) is 0 Å². The third kappa shape index (κ3) is 4.91. The van der Waals surface area contributed by atoms with Gasteiger partial charge in [0.1, 0.15) is 6.04 Å². The van der Waals surface area contributed by atoms with E-state index in [9.17, 15) is 27.2 Å². The van der Waals surface area contributed by atoms with Gasteiger partial charge in [0, 0.05) is 0 Å². The number of hydrogen-bond donors (Lipinski definition) is 3. The number of nitrogens with one attached hydrogen (secondary N) is 2. The second-order valence-electron chi connectivity index (χ2n) is 5.72. The van der Waals surface area contributed by atoms with Gasteiger partial charge in [-0.15, -0.1) is 0 Å². The van der Waals surface area contributed by atoms with Crippen molar-refractivity contribution in [3.8, 4) is 0 Å². The summed E-state index contributed by atoms with van der Waals surface area (Å²) in [6, 6.07) is -2.57. The standard InChI is InChI=1S/C13H20FN5O7S/c1-3-25-12(21)10(14)26-19-8-4-7(2)9(18(5-8)13(19)22)11(20)16-6-17-27(15,23)24/h4,8-10,17H,3,5-6H2,1-2H3,(H,16,20)(H2,15,23,24)/t8-,9+,10-/m1/s1. The Kier molecular flexibility index (Phi) is 6.35. The third-order valence-corrected chi connectivity index (χ3v) is 4.33. The summed E-state index contributed by atoms with van der Waals surface area (Å²) in [5, 5.41) is 7.71. The van der Waals surface area contributed by atoms with Gasteiger partial charge in [-0.3, -0.25) is 4.79 Å². The van der Waals surface area contributed by atoms with Gasteiger partial charge >= 0.3 is 18.4 Å². The van der Waals surface area contributed by atoms with Crippen molar-refractivity contribution in [1.29, 1.82) is 0 Å². The average Bonchev–Trinajstić information content (AvgIpc) is 2.79. The molecule has 2 rings (SSSR count). The molecular formula is C13H20FN5O7S. The smallest absolute Gasteiger partial charge is 0.370 e. The van der Waals surface area contributed by atoms with Crippen LogP contribution in [0.4, 0.5) is 9.18 Å². The molecule has 14 heteroatoms. The van der Waals surface area contributed by atoms with E-state index in [1.54, 1.807) is 6.92 Å². The second kappa shape index (κ2) is 8.16. The van der Waals surface area contributed by atoms with E-state index in [0.717, 1.165) is 4.90 Å². The van der Waals surface area contributed by atoms with Crippen molar-refractivity contribution in [3.05, 3.63) is 11.6 Å². The quantitative estimate of drug-likeness (QED) is 0.239. The highest BCUT2D eigenvalue weighted by molar-refractivity contribution is 7.87. The molecule has 27 heavy (non-hydrogen) atoms. The van der Waals surface area contributed by atoms with Gasteiger partial charge in [0.2, 0.25) is 5.91 Å². The number of ether oxygens (including phenoxy) is 1. The Hall–Kier alpha value is -2.29. The number of nitrogens with zero attached hydrogens (tertiary/aromatic N) is 2. The first-order chi connectivity index (χ1) is 12.5. The van der Waals surface area contributed by atoms with E-state index in [1.165, 1.54) is 13.0 Å². The van der Waals surface area contributed by atoms with Crippen LogP contribution in [0.15, 0.2) is 11.6 Å². The van der Waals surface area contributed by atoms with Gasteiger partial charge in [0.15, 0.2) is 0 Å². The molecule has 0 spiro atoms. The molecule has 1 saturated heterocycles. The summed E-state index contributed by atoms with van der Waals surface area (Å²) in [6.07, 6.45) is -0.967. The van der Waals surface area contributed by atoms with Crippen molar-refractivity contribution in [2.24, 2.45) is 5.14 Å². The summed E-state index contributed by atoms with van der Waals surface area (Å²) in [6.45, 7) is 2.56. The maximum absolute atomic E-state index is 13.8. The van der Waals surface area contributed by atoms with Gasteiger partial charge in [-0.05, 0) is 19.4 Å². The Morgan fingerprint density at radius 3 is 2.74 bits per heavy atom. The van der Waals surface area contributed by atoms with E-state index in [0.29, 0.717) is 10.6 Å². The van der Waals surface area contributed by atoms with Crippen molar-refractivity contribution >= 4 is 28.1 Å². The fourth-order valence-electron chi connectivity index (χ4n) is 2.74. The molecule has 0 radical (unpaired) electrons. The Labute approximate surface area is 154 Å². The zero-order chi connectivity index (χ0) is 20.4. The molecule has 3 amide bonds. The first-order valence-corrected chi connectivity index (χ1v) is 9.40. The van der Waals surface area contributed by atoms with E-state index in [1.807, 2.05) is 4.72 Å². The van der Waals surface area contributed by atoms with Crippen molar-refractivity contribution in [1.82, 2.24) is 20.0 Å². The number of fused-ring (bicyclic) bond motifs is 2. The van der Waals surface area contributed by atoms with Gasteiger partial charge in [0.25, 0.3) is 10.2 Å². The highest BCUT2D eigenvalue weighted by Crippen LogP contribution is 2.30. The Bertz CT molecular complexity index is 758. The summed E-state index contributed by atoms with van der Waals surface area (Å²) in [5.41, 5.74) is 0.463. The molecule has 0 aromatic rings. The lowest BCUT2D eigenvalue weighted by Gasteiger charge is -2.29. The molecule has 0 saturated carbocycles. The minimum absolute atomic E-state index is 0.0203. The van der Waals surface area contributed by atoms with E-state index < -0.39 is 53.2 Å². The summed E-state index contributed by atoms with van der Waals surface area (Å²) in [7, 11) is -3.99. The lowest BCUT2D eigenvalue weighted by atomic mass is 10.0. The number of alkyl halides is 1. The maximum atomic E-state index is 13.8. The lowest BCUT2D eigenvalue weighted by Crippen LogP contribution is -2.52. The molecule has 2 aliphatic heterocycles. The molecule has 2 heterocycles. The Morgan fingerprint density at radius 2 is 2.15 bits per heavy atom. The predicted octanol–water partition coefficient (Wildman–Crippen LogP) is -1.92. The second-order valence-corrected chi connectivity index (χ2v) is 7.10. The molecule has 0 unspecified atom stereocenters. The minimum Gasteiger partial charge on any atom is -0.462 e. The number of rotatable bonds is 8. The van der Waals surface area contributed by atoms with Crippen LogP contribution in [0.3, 0.4) is 0 Å². The predicted molar refractivity (Wildman–Crippen MR) is 87.1 cm³/mol. The van der Waals surface area contributed by atoms with Crippen LogP contribution >= 0.6 is 0 Å². The van der Waals surface area contributed by atoms with Crippen LogP contribution < -0.4 is 15.2 Å². The number of hydrogen-bond acceptors (Lipinski definition) is 7. The maximum Gasteiger partial charge on any atom is 0.370 e. The van der Waals surface area contributed by atoms with Gasteiger partial charge in [0.05, 0.1) is 25.9 Å². The summed E-state index contributed by atoms with van der Waals surface area (Å²) < 4.78 is 41.8. The third-order valence-electron chi connectivity index (χ3n) is 3.78. The van der Waals surface area contributed by atoms with Crippen LogP contribution in [-0.2, 0) is 29.4 Å². The molecular weight excluding hydrogens is 389 g/mol. The van der Waals surface area contributed by atoms with Crippen LogP contribution in [0.1, 0.15) is 13.8 Å². The average molecular weight is 409 g/mol. The molecule has 0 aliphatic carbocycles. The van der Waals surface area contributed by atoms with Crippen LogP contribution in [0.2, 0.25) is 0 Å². The highest BCUT2D eigenvalue weighted by Gasteiger charge is 2.48. The normalized spacial score (nSPS) is 23.1. The molecule has 3 atom stereocenters. The number of esters is 1. The topological polar surface area (TPSA) is 160 Å². The van der Waals surface area contributed by atoms with Gasteiger partial charge in [-0.1, -0.05) is 6.08 Å². The number of hydroxylamine groups is 2. The number of nitrogens with two attached hydrogens (primary N) is 1. The van der Waals surface area contributed by atoms with Crippen LogP contribution in [-0.4, -0.2) is 74.6 Å². The number of urea groups is 1. The van der Waals surface area contributed by atoms with E-state index in [2.05, 4.69) is 10.1 Å². The number of carbonyl (C=O) groups is 3. The van der Waals surface area contributed by atoms with Crippen LogP contribution in [0.5, 0.6) is 0 Å². The van der Waals surface area contributed by atoms with E-state index in [4.69, 9.17) is 9.98 Å². The van der Waals surface area contributed by atoms with Crippen molar-refractivity contribution < 1.29 is 36.8 Å². The van der Waals surface area contributed by atoms with E-state index >= 15 is 0 Å². The largest absolute Gasteiger partial charge is 0.462 e. The summed E-state index contributed by atoms with van der Waals surface area (Å²) in [5.74, 6) is -1.94. The highest BCUT2D eigenvalue weighted by atomic mass is 32.2. The number of carbonyl (C=O) groups excluding carboxylic acids is 3. The van der Waals surface area contributed by atoms with Crippen molar-refractivity contribution in [3.63, 3.8) is 0 Å². The first-order valence-electron chi connectivity index (χ1n) is 7.86. The molecule has 2 aliphatic rings. The zero-order valence-corrected chi connectivity index (χ0v) is 15.4. The van der Waals surface area contributed by atoms with Crippen LogP contribution in [0, 0.1) is 0 Å². The van der Waals surface area contributed by atoms with Gasteiger partial charge < -0.3 is 15.0 Å². The SMILES string of the molecule is CCOC(=O)[C@H](F)ON1C(=O)N2C[C@H]1C=C(C)[C@H]2C(=O)NCNS(N)(=O)=O. The van der Waals surface area contributed by atoms with Gasteiger partial charge in [-0.25, -0.2) is 24.0 Å². The fraction of sp³-hybridized carbons (Fsp3) is 0.615. The van der Waals surface area contributed by atoms with Gasteiger partial charge in [-0.2, -0.15) is 18.2 Å². The van der Waals surface area contributed by atoms with Crippen molar-refractivity contribution in [2.45, 2.75) is 32.3 Å². The lowest BCUT2D eigenvalue weighted by molar-refractivity contribution is -0.223. The monoisotopic (exact) mass is 409 g/mol. The Balaban J connectivity index is 2.05. The fourth-order valence-corrected chi connectivity index (χ4v) is 3.01. The molecule has 152 valence electrons. The number of amides is 3. The summed E-state index contributed by atoms with van der Waals surface area (Å²) >= 11 is 0. The molecule has 12 nitrogen and oxygen atoms in total.